The van der Waals surface area contributed by atoms with E-state index in [2.05, 4.69) is 28.1 Å². The van der Waals surface area contributed by atoms with Gasteiger partial charge in [0, 0.05) is 33.3 Å². The summed E-state index contributed by atoms with van der Waals surface area (Å²) in [6.07, 6.45) is 0. The number of aliphatic hydroxyl groups excluding tert-OH is 1. The maximum atomic E-state index is 9.34. The van der Waals surface area contributed by atoms with E-state index in [1.807, 2.05) is 55.9 Å². The lowest BCUT2D eigenvalue weighted by atomic mass is 9.96. The number of nitrogens with zero attached hydrogens (tertiary/aromatic N) is 1. The van der Waals surface area contributed by atoms with Crippen molar-refractivity contribution in [2.75, 3.05) is 24.2 Å². The first-order valence-corrected chi connectivity index (χ1v) is 11.2. The first kappa shape index (κ1) is 20.5. The van der Waals surface area contributed by atoms with Crippen LogP contribution in [-0.2, 0) is 0 Å². The maximum Gasteiger partial charge on any atom is 0.174 e. The van der Waals surface area contributed by atoms with Gasteiger partial charge in [0.05, 0.1) is 11.5 Å². The Hall–Kier alpha value is -1.23. The molecule has 2 N–H and O–H groups in total. The van der Waals surface area contributed by atoms with Crippen molar-refractivity contribution in [3.63, 3.8) is 0 Å². The Morgan fingerprint density at radius 1 is 1.33 bits per heavy atom. The van der Waals surface area contributed by atoms with Gasteiger partial charge in [-0.15, -0.1) is 23.1 Å². The van der Waals surface area contributed by atoms with E-state index in [-0.39, 0.29) is 17.4 Å². The van der Waals surface area contributed by atoms with Gasteiger partial charge in [0.1, 0.15) is 5.37 Å². The minimum Gasteiger partial charge on any atom is -0.395 e. The second-order valence-electron chi connectivity index (χ2n) is 6.85. The third-order valence-electron chi connectivity index (χ3n) is 4.04. The van der Waals surface area contributed by atoms with Gasteiger partial charge in [-0.05, 0) is 62.5 Å². The molecule has 1 saturated heterocycles. The molecular weight excluding hydrogens is 416 g/mol. The Labute approximate surface area is 179 Å². The number of aliphatic hydroxyl groups is 1. The van der Waals surface area contributed by atoms with Gasteiger partial charge in [0.25, 0.3) is 0 Å². The van der Waals surface area contributed by atoms with Gasteiger partial charge < -0.3 is 15.3 Å². The summed E-state index contributed by atoms with van der Waals surface area (Å²) in [5, 5.41) is 14.3. The van der Waals surface area contributed by atoms with E-state index in [0.29, 0.717) is 5.02 Å². The second-order valence-corrected chi connectivity index (χ2v) is 9.97. The molecule has 2 heterocycles. The fourth-order valence-corrected chi connectivity index (χ4v) is 5.34. The second kappa shape index (κ2) is 8.85. The zero-order chi connectivity index (χ0) is 19.4. The topological polar surface area (TPSA) is 35.5 Å². The minimum absolute atomic E-state index is 0.0507. The molecule has 0 amide bonds. The van der Waals surface area contributed by atoms with Crippen LogP contribution in [0.5, 0.6) is 0 Å². The number of anilines is 1. The Kier molecular flexibility index (Phi) is 6.72. The number of rotatable bonds is 3. The molecule has 3 nitrogen and oxygen atoms in total. The molecule has 2 aromatic rings. The molecular formula is C20H21ClN2OS3. The van der Waals surface area contributed by atoms with Crippen LogP contribution < -0.4 is 5.32 Å². The molecule has 7 heteroatoms. The highest BCUT2D eigenvalue weighted by Crippen LogP contribution is 2.41. The number of halogens is 1. The molecule has 1 aromatic carbocycles. The highest BCUT2D eigenvalue weighted by Gasteiger charge is 2.29. The van der Waals surface area contributed by atoms with Gasteiger partial charge in [-0.1, -0.05) is 23.4 Å². The Morgan fingerprint density at radius 2 is 2.07 bits per heavy atom. The molecule has 0 unspecified atom stereocenters. The maximum absolute atomic E-state index is 9.34. The first-order valence-electron chi connectivity index (χ1n) is 8.56. The number of thiophene rings is 1. The highest BCUT2D eigenvalue weighted by molar-refractivity contribution is 7.99. The van der Waals surface area contributed by atoms with E-state index in [9.17, 15) is 5.11 Å². The summed E-state index contributed by atoms with van der Waals surface area (Å²) in [5.74, 6) is 7.36. The van der Waals surface area contributed by atoms with Crippen LogP contribution in [0.15, 0.2) is 36.4 Å². The quantitative estimate of drug-likeness (QED) is 0.509. The van der Waals surface area contributed by atoms with Gasteiger partial charge >= 0.3 is 0 Å². The van der Waals surface area contributed by atoms with Crippen molar-refractivity contribution in [1.29, 1.82) is 0 Å². The van der Waals surface area contributed by atoms with Gasteiger partial charge in [-0.2, -0.15) is 0 Å². The van der Waals surface area contributed by atoms with E-state index < -0.39 is 0 Å². The number of thioether (sulfide) groups is 1. The average molecular weight is 437 g/mol. The summed E-state index contributed by atoms with van der Waals surface area (Å²) in [7, 11) is 0. The number of nitrogens with one attached hydrogen (secondary N) is 1. The number of hydrogen-bond donors (Lipinski definition) is 2. The van der Waals surface area contributed by atoms with E-state index >= 15 is 0 Å². The summed E-state index contributed by atoms with van der Waals surface area (Å²) < 4.78 is 0. The van der Waals surface area contributed by atoms with Crippen molar-refractivity contribution in [2.45, 2.75) is 19.2 Å². The summed E-state index contributed by atoms with van der Waals surface area (Å²) in [5.41, 5.74) is 0.548. The van der Waals surface area contributed by atoms with Gasteiger partial charge in [0.2, 0.25) is 0 Å². The van der Waals surface area contributed by atoms with E-state index in [0.717, 1.165) is 28.0 Å². The van der Waals surface area contributed by atoms with Gasteiger partial charge in [-0.25, -0.2) is 0 Å². The molecule has 27 heavy (non-hydrogen) atoms. The summed E-state index contributed by atoms with van der Waals surface area (Å²) in [6, 6.07) is 11.7. The lowest BCUT2D eigenvalue weighted by molar-refractivity contribution is 0.207. The largest absolute Gasteiger partial charge is 0.395 e. The highest BCUT2D eigenvalue weighted by atomic mass is 35.5. The predicted molar refractivity (Wildman–Crippen MR) is 122 cm³/mol. The van der Waals surface area contributed by atoms with Crippen LogP contribution in [0.4, 0.5) is 5.69 Å². The SMILES string of the molecule is CC(C)(C#Cc1ccc([C@H]2SCCN2C(=S)Nc2ccc(Cl)cc2)s1)CO. The van der Waals surface area contributed by atoms with Crippen LogP contribution in [0.25, 0.3) is 0 Å². The molecule has 0 bridgehead atoms. The summed E-state index contributed by atoms with van der Waals surface area (Å²) in [4.78, 5) is 4.47. The van der Waals surface area contributed by atoms with Crippen LogP contribution >= 0.6 is 46.9 Å². The zero-order valence-corrected chi connectivity index (χ0v) is 18.4. The molecule has 142 valence electrons. The third-order valence-corrected chi connectivity index (χ3v) is 7.07. The molecule has 1 atom stereocenters. The molecule has 1 fully saturated rings. The molecule has 1 aromatic heterocycles. The van der Waals surface area contributed by atoms with E-state index in [4.69, 9.17) is 23.8 Å². The molecule has 0 saturated carbocycles. The number of hydrogen-bond acceptors (Lipinski definition) is 4. The van der Waals surface area contributed by atoms with E-state index in [1.54, 1.807) is 11.3 Å². The average Bonchev–Trinajstić information content (AvgIpc) is 3.31. The monoisotopic (exact) mass is 436 g/mol. The zero-order valence-electron chi connectivity index (χ0n) is 15.2. The predicted octanol–water partition coefficient (Wildman–Crippen LogP) is 5.22. The van der Waals surface area contributed by atoms with Crippen molar-refractivity contribution in [1.82, 2.24) is 4.90 Å². The standard InChI is InChI=1S/C20H21ClN2OS3/c1-20(2,13-24)10-9-16-7-8-17(27-16)18-23(11-12-26-18)19(25)22-15-5-3-14(21)4-6-15/h3-8,18,24H,11-13H2,1-2H3,(H,22,25)/t18-/m1/s1. The molecule has 0 spiro atoms. The molecule has 1 aliphatic heterocycles. The van der Waals surface area contributed by atoms with Crippen molar-refractivity contribution in [3.05, 3.63) is 51.2 Å². The van der Waals surface area contributed by atoms with Crippen molar-refractivity contribution >= 4 is 57.7 Å². The van der Waals surface area contributed by atoms with Crippen LogP contribution in [-0.4, -0.2) is 34.0 Å². The van der Waals surface area contributed by atoms with Crippen LogP contribution in [0, 0.1) is 17.3 Å². The van der Waals surface area contributed by atoms with Gasteiger partial charge in [0.15, 0.2) is 5.11 Å². The fourth-order valence-electron chi connectivity index (χ4n) is 2.47. The van der Waals surface area contributed by atoms with Crippen molar-refractivity contribution < 1.29 is 5.11 Å². The summed E-state index contributed by atoms with van der Waals surface area (Å²) >= 11 is 15.2. The Balaban J connectivity index is 1.71. The first-order chi connectivity index (χ1) is 12.9. The molecule has 1 aliphatic rings. The molecule has 0 aliphatic carbocycles. The van der Waals surface area contributed by atoms with E-state index in [1.165, 1.54) is 4.88 Å². The molecule has 0 radical (unpaired) electrons. The normalized spacial score (nSPS) is 16.7. The van der Waals surface area contributed by atoms with Gasteiger partial charge in [-0.3, -0.25) is 0 Å². The summed E-state index contributed by atoms with van der Waals surface area (Å²) in [6.45, 7) is 4.83. The number of thiocarbonyl (C=S) groups is 1. The smallest absolute Gasteiger partial charge is 0.174 e. The van der Waals surface area contributed by atoms with Crippen molar-refractivity contribution in [3.8, 4) is 11.8 Å². The lowest BCUT2D eigenvalue weighted by Gasteiger charge is -2.26. The third kappa shape index (κ3) is 5.40. The van der Waals surface area contributed by atoms with Crippen LogP contribution in [0.2, 0.25) is 5.02 Å². The van der Waals surface area contributed by atoms with Crippen LogP contribution in [0.1, 0.15) is 29.0 Å². The fraction of sp³-hybridized carbons (Fsp3) is 0.350. The molecule has 3 rings (SSSR count). The minimum atomic E-state index is -0.387. The van der Waals surface area contributed by atoms with Crippen molar-refractivity contribution in [2.24, 2.45) is 5.41 Å². The number of benzene rings is 1. The Bertz CT molecular complexity index is 867. The Morgan fingerprint density at radius 3 is 2.78 bits per heavy atom. The lowest BCUT2D eigenvalue weighted by Crippen LogP contribution is -2.33. The van der Waals surface area contributed by atoms with Crippen LogP contribution in [0.3, 0.4) is 0 Å².